The van der Waals surface area contributed by atoms with Crippen LogP contribution in [-0.2, 0) is 9.59 Å². The fraction of sp³-hybridized carbons (Fsp3) is 0.917. The SMILES string of the molecule is NC1NN2CC(F)CNC2C1C(=O)NC1CNCC(F)C1N1CCC(C(=O)N2CCN3CC[C@H]2C3)CC1. The lowest BCUT2D eigenvalue weighted by Gasteiger charge is -2.46. The largest absolute Gasteiger partial charge is 0.350 e. The van der Waals surface area contributed by atoms with Crippen molar-refractivity contribution in [3.63, 3.8) is 0 Å². The van der Waals surface area contributed by atoms with Crippen LogP contribution in [0.2, 0.25) is 0 Å². The van der Waals surface area contributed by atoms with Gasteiger partial charge in [0.15, 0.2) is 0 Å². The van der Waals surface area contributed by atoms with Crippen LogP contribution in [0.3, 0.4) is 0 Å². The van der Waals surface area contributed by atoms with Crippen LogP contribution < -0.4 is 27.1 Å². The summed E-state index contributed by atoms with van der Waals surface area (Å²) < 4.78 is 29.1. The van der Waals surface area contributed by atoms with E-state index >= 15 is 4.39 Å². The lowest BCUT2D eigenvalue weighted by molar-refractivity contribution is -0.141. The molecule has 0 aromatic carbocycles. The van der Waals surface area contributed by atoms with Crippen molar-refractivity contribution in [1.82, 2.24) is 41.1 Å². The van der Waals surface area contributed by atoms with Crippen molar-refractivity contribution in [3.8, 4) is 0 Å². The third-order valence-corrected chi connectivity index (χ3v) is 9.37. The molecule has 13 heteroatoms. The Morgan fingerprint density at radius 1 is 0.946 bits per heavy atom. The maximum Gasteiger partial charge on any atom is 0.229 e. The molecule has 6 saturated heterocycles. The zero-order chi connectivity index (χ0) is 25.7. The van der Waals surface area contributed by atoms with Gasteiger partial charge in [-0.15, -0.1) is 0 Å². The van der Waals surface area contributed by atoms with E-state index in [9.17, 15) is 14.0 Å². The van der Waals surface area contributed by atoms with Gasteiger partial charge < -0.3 is 21.3 Å². The second-order valence-corrected chi connectivity index (χ2v) is 11.6. The van der Waals surface area contributed by atoms with E-state index in [0.717, 1.165) is 32.6 Å². The van der Waals surface area contributed by atoms with E-state index < -0.39 is 42.7 Å². The Bertz CT molecular complexity index is 862. The van der Waals surface area contributed by atoms with Crippen molar-refractivity contribution < 1.29 is 18.4 Å². The molecule has 2 bridgehead atoms. The summed E-state index contributed by atoms with van der Waals surface area (Å²) in [6.45, 7) is 6.17. The second-order valence-electron chi connectivity index (χ2n) is 11.6. The maximum absolute atomic E-state index is 15.3. The number of fused-ring (bicyclic) bond motifs is 3. The zero-order valence-electron chi connectivity index (χ0n) is 21.3. The molecular weight excluding hydrogens is 484 g/mol. The summed E-state index contributed by atoms with van der Waals surface area (Å²) in [6, 6.07) is -0.537. The van der Waals surface area contributed by atoms with E-state index in [1.165, 1.54) is 0 Å². The van der Waals surface area contributed by atoms with Crippen molar-refractivity contribution in [3.05, 3.63) is 0 Å². The van der Waals surface area contributed by atoms with Crippen LogP contribution in [-0.4, -0.2) is 140 Å². The summed E-state index contributed by atoms with van der Waals surface area (Å²) in [5, 5.41) is 10.9. The predicted octanol–water partition coefficient (Wildman–Crippen LogP) is -2.60. The highest BCUT2D eigenvalue weighted by atomic mass is 19.1. The van der Waals surface area contributed by atoms with E-state index in [0.29, 0.717) is 38.5 Å². The predicted molar refractivity (Wildman–Crippen MR) is 132 cm³/mol. The van der Waals surface area contributed by atoms with Crippen LogP contribution in [0.1, 0.15) is 19.3 Å². The lowest BCUT2D eigenvalue weighted by atomic mass is 9.89. The first-order valence-corrected chi connectivity index (χ1v) is 14.0. The smallest absolute Gasteiger partial charge is 0.229 e. The number of nitrogens with zero attached hydrogens (tertiary/aromatic N) is 4. The summed E-state index contributed by atoms with van der Waals surface area (Å²) in [6.07, 6.45) is -0.728. The van der Waals surface area contributed by atoms with Crippen molar-refractivity contribution in [1.29, 1.82) is 0 Å². The summed E-state index contributed by atoms with van der Waals surface area (Å²) in [5.41, 5.74) is 9.21. The summed E-state index contributed by atoms with van der Waals surface area (Å²) in [4.78, 5) is 33.3. The summed E-state index contributed by atoms with van der Waals surface area (Å²) >= 11 is 0. The number of piperidine rings is 2. The standard InChI is InChI=1S/C24H41F2N9O2/c25-15-9-29-22-19(21(27)31-35(22)12-15)23(36)30-18-11-28-10-17(26)20(18)33-5-1-14(2-6-33)24(37)34-8-7-32-4-3-16(34)13-32/h14-22,28-29,31H,1-13,27H2,(H,30,36)/t15?,16-,17?,18?,19?,20?,21?,22?/m0/s1. The highest BCUT2D eigenvalue weighted by Crippen LogP contribution is 2.29. The molecule has 2 amide bonds. The molecule has 0 aliphatic carbocycles. The second kappa shape index (κ2) is 10.6. The molecule has 0 spiro atoms. The van der Waals surface area contributed by atoms with Gasteiger partial charge in [-0.25, -0.2) is 19.2 Å². The Balaban J connectivity index is 1.07. The molecule has 208 valence electrons. The monoisotopic (exact) mass is 525 g/mol. The van der Waals surface area contributed by atoms with Gasteiger partial charge in [-0.3, -0.25) is 24.7 Å². The van der Waals surface area contributed by atoms with Gasteiger partial charge in [0.2, 0.25) is 11.8 Å². The summed E-state index contributed by atoms with van der Waals surface area (Å²) in [5.74, 6) is -0.626. The molecule has 37 heavy (non-hydrogen) atoms. The molecule has 9 atom stereocenters. The van der Waals surface area contributed by atoms with Gasteiger partial charge in [0.05, 0.1) is 30.3 Å². The number of alkyl halides is 2. The molecule has 6 heterocycles. The average Bonchev–Trinajstić information content (AvgIpc) is 3.42. The number of hydrogen-bond donors (Lipinski definition) is 5. The number of rotatable bonds is 4. The molecule has 6 N–H and O–H groups in total. The van der Waals surface area contributed by atoms with Crippen LogP contribution in [0.4, 0.5) is 8.78 Å². The minimum absolute atomic E-state index is 0.0125. The quantitative estimate of drug-likeness (QED) is 0.269. The fourth-order valence-electron chi connectivity index (χ4n) is 7.42. The van der Waals surface area contributed by atoms with Gasteiger partial charge >= 0.3 is 0 Å². The number of carbonyl (C=O) groups is 2. The first-order valence-electron chi connectivity index (χ1n) is 14.0. The van der Waals surface area contributed by atoms with Gasteiger partial charge in [-0.2, -0.15) is 0 Å². The van der Waals surface area contributed by atoms with E-state index in [-0.39, 0.29) is 37.4 Å². The molecule has 6 aliphatic heterocycles. The maximum atomic E-state index is 15.3. The topological polar surface area (TPSA) is 121 Å². The minimum atomic E-state index is -1.13. The highest BCUT2D eigenvalue weighted by Gasteiger charge is 2.49. The highest BCUT2D eigenvalue weighted by molar-refractivity contribution is 5.81. The molecular formula is C24H41F2N9O2. The Kier molecular flexibility index (Phi) is 7.38. The first kappa shape index (κ1) is 25.8. The average molecular weight is 526 g/mol. The van der Waals surface area contributed by atoms with Crippen molar-refractivity contribution in [2.75, 3.05) is 65.4 Å². The zero-order valence-corrected chi connectivity index (χ0v) is 21.3. The number of hydrazine groups is 1. The van der Waals surface area contributed by atoms with Crippen LogP contribution in [0.15, 0.2) is 0 Å². The molecule has 6 rings (SSSR count). The van der Waals surface area contributed by atoms with E-state index in [2.05, 4.69) is 36.1 Å². The number of nitrogens with two attached hydrogens (primary N) is 1. The third-order valence-electron chi connectivity index (χ3n) is 9.37. The molecule has 6 fully saturated rings. The fourth-order valence-corrected chi connectivity index (χ4v) is 7.42. The van der Waals surface area contributed by atoms with Gasteiger partial charge in [-0.1, -0.05) is 0 Å². The number of piperazine rings is 1. The Morgan fingerprint density at radius 3 is 2.57 bits per heavy atom. The van der Waals surface area contributed by atoms with Crippen molar-refractivity contribution >= 4 is 11.8 Å². The Hall–Kier alpha value is -1.48. The number of halogens is 2. The first-order chi connectivity index (χ1) is 17.9. The van der Waals surface area contributed by atoms with E-state index in [1.54, 1.807) is 5.01 Å². The van der Waals surface area contributed by atoms with Crippen LogP contribution in [0.25, 0.3) is 0 Å². The van der Waals surface area contributed by atoms with Crippen LogP contribution in [0, 0.1) is 11.8 Å². The third kappa shape index (κ3) is 4.99. The Morgan fingerprint density at radius 2 is 1.76 bits per heavy atom. The van der Waals surface area contributed by atoms with Crippen molar-refractivity contribution in [2.45, 2.75) is 62.1 Å². The number of nitrogens with one attached hydrogen (secondary N) is 4. The number of hydrogen-bond acceptors (Lipinski definition) is 9. The van der Waals surface area contributed by atoms with E-state index in [1.807, 2.05) is 0 Å². The van der Waals surface area contributed by atoms with E-state index in [4.69, 9.17) is 5.73 Å². The van der Waals surface area contributed by atoms with Gasteiger partial charge in [0.25, 0.3) is 0 Å². The molecule has 8 unspecified atom stereocenters. The molecule has 0 radical (unpaired) electrons. The molecule has 11 nitrogen and oxygen atoms in total. The normalized spacial score (nSPS) is 43.5. The number of amides is 2. The van der Waals surface area contributed by atoms with Crippen LogP contribution >= 0.6 is 0 Å². The minimum Gasteiger partial charge on any atom is -0.350 e. The summed E-state index contributed by atoms with van der Waals surface area (Å²) in [7, 11) is 0. The van der Waals surface area contributed by atoms with Crippen molar-refractivity contribution in [2.24, 2.45) is 17.6 Å². The number of carbonyl (C=O) groups excluding carboxylic acids is 2. The molecule has 6 aliphatic rings. The number of likely N-dealkylation sites (tertiary alicyclic amines) is 1. The lowest BCUT2D eigenvalue weighted by Crippen LogP contribution is -2.67. The van der Waals surface area contributed by atoms with Gasteiger partial charge in [0, 0.05) is 64.3 Å². The van der Waals surface area contributed by atoms with Gasteiger partial charge in [0.1, 0.15) is 12.3 Å². The molecule has 0 aromatic rings. The molecule has 0 saturated carbocycles. The molecule has 0 aromatic heterocycles. The Labute approximate surface area is 216 Å². The van der Waals surface area contributed by atoms with Gasteiger partial charge in [-0.05, 0) is 32.4 Å². The van der Waals surface area contributed by atoms with Crippen LogP contribution in [0.5, 0.6) is 0 Å².